The maximum Gasteiger partial charge on any atom is 0.359 e. The van der Waals surface area contributed by atoms with Crippen molar-refractivity contribution >= 4 is 40.9 Å². The number of anilines is 1. The number of carboxylic acid groups (broad SMARTS) is 3. The van der Waals surface area contributed by atoms with Gasteiger partial charge in [0.25, 0.3) is 0 Å². The molecule has 0 aliphatic carbocycles. The van der Waals surface area contributed by atoms with Gasteiger partial charge in [-0.25, -0.2) is 4.79 Å². The van der Waals surface area contributed by atoms with E-state index >= 15 is 0 Å². The third kappa shape index (κ3) is 9.21. The Morgan fingerprint density at radius 2 is 1.65 bits per heavy atom. The highest BCUT2D eigenvalue weighted by atomic mass is 32.1. The average Bonchev–Trinajstić information content (AvgIpc) is 2.79. The Morgan fingerprint density at radius 3 is 2.21 bits per heavy atom. The molecule has 0 saturated carbocycles. The third-order valence-corrected chi connectivity index (χ3v) is 6.30. The number of likely N-dealkylation sites (N-methyl/N-ethyl adjacent to an activating group) is 1. The first kappa shape index (κ1) is 27.4. The van der Waals surface area contributed by atoms with Crippen LogP contribution in [0.4, 0.5) is 5.69 Å². The molecular weight excluding hydrogens is 462 g/mol. The van der Waals surface area contributed by atoms with Crippen LogP contribution >= 0.6 is 12.2 Å². The molecule has 0 spiro atoms. The molecule has 5 N–H and O–H groups in total. The molecule has 1 saturated heterocycles. The number of quaternary nitrogens is 1. The number of hydrogen-bond donors (Lipinski definition) is 5. The van der Waals surface area contributed by atoms with Crippen LogP contribution in [0.15, 0.2) is 24.3 Å². The van der Waals surface area contributed by atoms with Gasteiger partial charge in [-0.1, -0.05) is 12.1 Å². The van der Waals surface area contributed by atoms with Crippen LogP contribution in [0.5, 0.6) is 0 Å². The first-order valence-electron chi connectivity index (χ1n) is 11.0. The predicted octanol–water partition coefficient (Wildman–Crippen LogP) is -0.168. The fourth-order valence-corrected chi connectivity index (χ4v) is 4.25. The van der Waals surface area contributed by atoms with Crippen LogP contribution in [0.25, 0.3) is 0 Å². The molecule has 1 aromatic carbocycles. The molecule has 2 unspecified atom stereocenters. The van der Waals surface area contributed by atoms with Gasteiger partial charge in [0, 0.05) is 38.4 Å². The van der Waals surface area contributed by atoms with Crippen LogP contribution in [0, 0.1) is 0 Å². The molecule has 1 heterocycles. The second-order valence-electron chi connectivity index (χ2n) is 8.87. The van der Waals surface area contributed by atoms with Gasteiger partial charge in [0.15, 0.2) is 11.7 Å². The summed E-state index contributed by atoms with van der Waals surface area (Å²) in [7, 11) is 3.54. The molecule has 0 aromatic heterocycles. The van der Waals surface area contributed by atoms with Gasteiger partial charge in [0.1, 0.15) is 0 Å². The van der Waals surface area contributed by atoms with E-state index in [1.54, 1.807) is 11.9 Å². The van der Waals surface area contributed by atoms with Crippen LogP contribution in [-0.2, 0) is 20.8 Å². The number of hydrogen-bond acceptors (Lipinski definition) is 6. The standard InChI is InChI=1S/C22H33N5O6S/c1-23-22(34)24-17-5-3-16(4-6-17)11-18-12-25(13-19(28)29)7-9-27(2,15-21(32)33)10-8-26(18)14-20(30)31/h3-6,18H,7-15H2,1-2H3,(H4-,23,24,28,29,30,31,32,33,34)/p+1. The molecular formula is C22H34N5O6S+. The Hall–Kier alpha value is -2.80. The van der Waals surface area contributed by atoms with Gasteiger partial charge in [0.2, 0.25) is 0 Å². The highest BCUT2D eigenvalue weighted by Crippen LogP contribution is 2.17. The monoisotopic (exact) mass is 496 g/mol. The number of aliphatic carboxylic acids is 3. The number of rotatable bonds is 9. The predicted molar refractivity (Wildman–Crippen MR) is 131 cm³/mol. The Labute approximate surface area is 204 Å². The maximum absolute atomic E-state index is 11.6. The molecule has 2 atom stereocenters. The molecule has 1 aromatic rings. The number of carboxylic acids is 3. The van der Waals surface area contributed by atoms with Crippen molar-refractivity contribution in [3.8, 4) is 0 Å². The van der Waals surface area contributed by atoms with E-state index in [0.717, 1.165) is 11.3 Å². The fourth-order valence-electron chi connectivity index (χ4n) is 4.14. The van der Waals surface area contributed by atoms with E-state index in [4.69, 9.17) is 12.2 Å². The van der Waals surface area contributed by atoms with Gasteiger partial charge >= 0.3 is 17.9 Å². The molecule has 12 heteroatoms. The Kier molecular flexibility index (Phi) is 10.2. The SMILES string of the molecule is CNC(=S)Nc1ccc(CC2CN(CC(=O)O)CC[N+](C)(CC(=O)O)CCN2CC(=O)O)cc1. The van der Waals surface area contributed by atoms with Crippen LogP contribution in [0.3, 0.4) is 0 Å². The van der Waals surface area contributed by atoms with E-state index in [9.17, 15) is 29.7 Å². The molecule has 0 bridgehead atoms. The number of nitrogens with one attached hydrogen (secondary N) is 2. The topological polar surface area (TPSA) is 142 Å². The molecule has 1 fully saturated rings. The zero-order chi connectivity index (χ0) is 25.3. The van der Waals surface area contributed by atoms with Crippen molar-refractivity contribution in [2.24, 2.45) is 0 Å². The van der Waals surface area contributed by atoms with Gasteiger partial charge in [-0.3, -0.25) is 19.4 Å². The van der Waals surface area contributed by atoms with Crippen LogP contribution in [0.2, 0.25) is 0 Å². The molecule has 1 aliphatic rings. The fraction of sp³-hybridized carbons (Fsp3) is 0.545. The van der Waals surface area contributed by atoms with Crippen molar-refractivity contribution in [3.05, 3.63) is 29.8 Å². The number of benzene rings is 1. The molecule has 1 aliphatic heterocycles. The smallest absolute Gasteiger partial charge is 0.359 e. The van der Waals surface area contributed by atoms with Crippen molar-refractivity contribution in [2.45, 2.75) is 12.5 Å². The van der Waals surface area contributed by atoms with E-state index in [1.807, 2.05) is 36.2 Å². The lowest BCUT2D eigenvalue weighted by Gasteiger charge is -2.35. The normalized spacial score (nSPS) is 22.1. The molecule has 11 nitrogen and oxygen atoms in total. The van der Waals surface area contributed by atoms with Gasteiger partial charge in [0.05, 0.1) is 33.2 Å². The summed E-state index contributed by atoms with van der Waals surface area (Å²) in [4.78, 5) is 38.2. The van der Waals surface area contributed by atoms with E-state index < -0.39 is 17.9 Å². The van der Waals surface area contributed by atoms with E-state index in [0.29, 0.717) is 44.3 Å². The summed E-state index contributed by atoms with van der Waals surface area (Å²) < 4.78 is 0.194. The van der Waals surface area contributed by atoms with E-state index in [2.05, 4.69) is 10.6 Å². The van der Waals surface area contributed by atoms with Crippen LogP contribution < -0.4 is 10.6 Å². The number of nitrogens with zero attached hydrogens (tertiary/aromatic N) is 3. The summed E-state index contributed by atoms with van der Waals surface area (Å²) >= 11 is 5.11. The maximum atomic E-state index is 11.6. The molecule has 0 amide bonds. The van der Waals surface area contributed by atoms with Gasteiger partial charge < -0.3 is 30.4 Å². The van der Waals surface area contributed by atoms with Crippen molar-refractivity contribution in [1.82, 2.24) is 15.1 Å². The summed E-state index contributed by atoms with van der Waals surface area (Å²) in [6.45, 7) is 1.52. The van der Waals surface area contributed by atoms with E-state index in [1.165, 1.54) is 0 Å². The Balaban J connectivity index is 2.30. The quantitative estimate of drug-likeness (QED) is 0.230. The summed E-state index contributed by atoms with van der Waals surface area (Å²) in [5, 5.41) is 34.7. The first-order chi connectivity index (χ1) is 16.0. The summed E-state index contributed by atoms with van der Waals surface area (Å²) in [6.07, 6.45) is 0.517. The third-order valence-electron chi connectivity index (χ3n) is 5.99. The lowest BCUT2D eigenvalue weighted by Crippen LogP contribution is -2.54. The first-order valence-corrected chi connectivity index (χ1v) is 11.4. The minimum absolute atomic E-state index is 0.116. The van der Waals surface area contributed by atoms with Gasteiger partial charge in [-0.15, -0.1) is 0 Å². The lowest BCUT2D eigenvalue weighted by atomic mass is 10.0. The summed E-state index contributed by atoms with van der Waals surface area (Å²) in [6, 6.07) is 7.36. The highest BCUT2D eigenvalue weighted by Gasteiger charge is 2.33. The molecule has 2 rings (SSSR count). The number of carbonyl (C=O) groups is 3. The highest BCUT2D eigenvalue weighted by molar-refractivity contribution is 7.80. The lowest BCUT2D eigenvalue weighted by molar-refractivity contribution is -0.901. The minimum atomic E-state index is -0.985. The largest absolute Gasteiger partial charge is 0.480 e. The van der Waals surface area contributed by atoms with Crippen LogP contribution in [0.1, 0.15) is 5.56 Å². The second kappa shape index (κ2) is 12.6. The number of thiocarbonyl (C=S) groups is 1. The second-order valence-corrected chi connectivity index (χ2v) is 9.28. The molecule has 0 radical (unpaired) electrons. The zero-order valence-electron chi connectivity index (χ0n) is 19.6. The average molecular weight is 497 g/mol. The summed E-state index contributed by atoms with van der Waals surface area (Å²) in [5.74, 6) is -2.91. The van der Waals surface area contributed by atoms with Crippen LogP contribution in [-0.4, -0.2) is 125 Å². The van der Waals surface area contributed by atoms with Gasteiger partial charge in [-0.2, -0.15) is 0 Å². The van der Waals surface area contributed by atoms with Crippen molar-refractivity contribution in [1.29, 1.82) is 0 Å². The Morgan fingerprint density at radius 1 is 1.03 bits per heavy atom. The summed E-state index contributed by atoms with van der Waals surface area (Å²) in [5.41, 5.74) is 1.79. The van der Waals surface area contributed by atoms with Gasteiger partial charge in [-0.05, 0) is 36.3 Å². The molecule has 188 valence electrons. The van der Waals surface area contributed by atoms with E-state index in [-0.39, 0.29) is 30.2 Å². The van der Waals surface area contributed by atoms with Crippen molar-refractivity contribution in [3.63, 3.8) is 0 Å². The molecule has 34 heavy (non-hydrogen) atoms. The Bertz CT molecular complexity index is 883. The zero-order valence-corrected chi connectivity index (χ0v) is 20.4. The minimum Gasteiger partial charge on any atom is -0.480 e. The van der Waals surface area contributed by atoms with Crippen molar-refractivity contribution in [2.75, 3.05) is 71.8 Å². The van der Waals surface area contributed by atoms with Crippen molar-refractivity contribution < 1.29 is 34.2 Å².